The van der Waals surface area contributed by atoms with Crippen LogP contribution in [0.1, 0.15) is 54.2 Å². The molecule has 9 heteroatoms. The average molecular weight is 401 g/mol. The maximum atomic E-state index is 12.6. The molecule has 2 N–H and O–H groups in total. The van der Waals surface area contributed by atoms with Crippen LogP contribution in [0.4, 0.5) is 0 Å². The number of sulfone groups is 1. The van der Waals surface area contributed by atoms with Crippen LogP contribution in [0.2, 0.25) is 0 Å². The van der Waals surface area contributed by atoms with Gasteiger partial charge in [-0.1, -0.05) is 26.0 Å². The number of carbonyl (C=O) groups is 1. The highest BCUT2D eigenvalue weighted by molar-refractivity contribution is 7.91. The molecule has 28 heavy (non-hydrogen) atoms. The van der Waals surface area contributed by atoms with Crippen molar-refractivity contribution < 1.29 is 13.2 Å². The van der Waals surface area contributed by atoms with E-state index in [1.165, 1.54) is 0 Å². The molecule has 148 valence electrons. The van der Waals surface area contributed by atoms with Crippen molar-refractivity contribution in [3.63, 3.8) is 0 Å². The van der Waals surface area contributed by atoms with E-state index in [2.05, 4.69) is 20.4 Å². The fraction of sp³-hybridized carbons (Fsp3) is 0.421. The van der Waals surface area contributed by atoms with Crippen molar-refractivity contribution in [3.8, 4) is 0 Å². The molecule has 8 nitrogen and oxygen atoms in total. The first-order valence-corrected chi connectivity index (χ1v) is 11.2. The van der Waals surface area contributed by atoms with E-state index in [0.29, 0.717) is 17.9 Å². The van der Waals surface area contributed by atoms with Crippen molar-refractivity contribution in [1.82, 2.24) is 25.1 Å². The Morgan fingerprint density at radius 2 is 2.14 bits per heavy atom. The fourth-order valence-corrected chi connectivity index (χ4v) is 5.25. The molecule has 3 heterocycles. The minimum absolute atomic E-state index is 0.0778. The zero-order chi connectivity index (χ0) is 19.9. The Bertz CT molecular complexity index is 1100. The maximum Gasteiger partial charge on any atom is 0.272 e. The number of aromatic nitrogens is 4. The van der Waals surface area contributed by atoms with Crippen LogP contribution in [0.5, 0.6) is 0 Å². The van der Waals surface area contributed by atoms with Crippen LogP contribution in [0, 0.1) is 0 Å². The van der Waals surface area contributed by atoms with E-state index in [1.54, 1.807) is 10.7 Å². The van der Waals surface area contributed by atoms with Gasteiger partial charge in [-0.3, -0.25) is 9.48 Å². The zero-order valence-corrected chi connectivity index (χ0v) is 16.7. The molecule has 4 rings (SSSR count). The van der Waals surface area contributed by atoms with Crippen LogP contribution in [0.3, 0.4) is 0 Å². The lowest BCUT2D eigenvalue weighted by atomic mass is 10.1. The zero-order valence-electron chi connectivity index (χ0n) is 15.8. The van der Waals surface area contributed by atoms with E-state index in [4.69, 9.17) is 0 Å². The molecule has 0 saturated carbocycles. The van der Waals surface area contributed by atoms with Crippen molar-refractivity contribution in [2.75, 3.05) is 11.5 Å². The van der Waals surface area contributed by atoms with Gasteiger partial charge in [0.1, 0.15) is 11.5 Å². The SMILES string of the molecule is CC(C)c1cc(C(=O)NCc2nc3ccccc3[nH]2)nn1[C@@H]1CCS(=O)(=O)C1. The Labute approximate surface area is 163 Å². The Morgan fingerprint density at radius 1 is 1.36 bits per heavy atom. The monoisotopic (exact) mass is 401 g/mol. The number of nitrogens with zero attached hydrogens (tertiary/aromatic N) is 3. The van der Waals surface area contributed by atoms with Crippen LogP contribution >= 0.6 is 0 Å². The molecule has 0 unspecified atom stereocenters. The summed E-state index contributed by atoms with van der Waals surface area (Å²) in [6.45, 7) is 4.27. The standard InChI is InChI=1S/C19H23N5O3S/c1-12(2)17-9-16(23-24(17)13-7-8-28(26,27)11-13)19(25)20-10-18-21-14-5-3-4-6-15(14)22-18/h3-6,9,12-13H,7-8,10-11H2,1-2H3,(H,20,25)(H,21,22)/t13-/m1/s1. The fourth-order valence-electron chi connectivity index (χ4n) is 3.56. The summed E-state index contributed by atoms with van der Waals surface area (Å²) in [5, 5.41) is 7.28. The number of amides is 1. The summed E-state index contributed by atoms with van der Waals surface area (Å²) in [6, 6.07) is 9.22. The number of hydrogen-bond donors (Lipinski definition) is 2. The number of fused-ring (bicyclic) bond motifs is 1. The third-order valence-corrected chi connectivity index (χ3v) is 6.75. The third-order valence-electron chi connectivity index (χ3n) is 5.00. The van der Waals surface area contributed by atoms with Gasteiger partial charge in [0.15, 0.2) is 9.84 Å². The van der Waals surface area contributed by atoms with Gasteiger partial charge in [-0.25, -0.2) is 13.4 Å². The number of hydrogen-bond acceptors (Lipinski definition) is 5. The average Bonchev–Trinajstić information content (AvgIpc) is 3.34. The molecule has 1 aliphatic heterocycles. The molecule has 1 saturated heterocycles. The summed E-state index contributed by atoms with van der Waals surface area (Å²) >= 11 is 0. The minimum atomic E-state index is -3.03. The molecule has 1 amide bonds. The largest absolute Gasteiger partial charge is 0.343 e. The van der Waals surface area contributed by atoms with E-state index in [1.807, 2.05) is 38.1 Å². The molecule has 0 bridgehead atoms. The predicted molar refractivity (Wildman–Crippen MR) is 106 cm³/mol. The Balaban J connectivity index is 1.51. The summed E-state index contributed by atoms with van der Waals surface area (Å²) < 4.78 is 25.4. The highest BCUT2D eigenvalue weighted by Gasteiger charge is 2.32. The molecule has 0 aliphatic carbocycles. The highest BCUT2D eigenvalue weighted by atomic mass is 32.2. The van der Waals surface area contributed by atoms with E-state index in [9.17, 15) is 13.2 Å². The number of H-pyrrole nitrogens is 1. The number of imidazole rings is 1. The summed E-state index contributed by atoms with van der Waals surface area (Å²) in [5.74, 6) is 0.742. The van der Waals surface area contributed by atoms with Gasteiger partial charge in [0, 0.05) is 5.69 Å². The molecule has 1 fully saturated rings. The van der Waals surface area contributed by atoms with Gasteiger partial charge >= 0.3 is 0 Å². The molecule has 1 aliphatic rings. The lowest BCUT2D eigenvalue weighted by molar-refractivity contribution is 0.0944. The smallest absolute Gasteiger partial charge is 0.272 e. The normalized spacial score (nSPS) is 18.8. The van der Waals surface area contributed by atoms with E-state index >= 15 is 0 Å². The molecular formula is C19H23N5O3S. The molecule has 1 aromatic carbocycles. The van der Waals surface area contributed by atoms with Gasteiger partial charge in [-0.15, -0.1) is 0 Å². The number of para-hydroxylation sites is 2. The van der Waals surface area contributed by atoms with Crippen LogP contribution in [0.25, 0.3) is 11.0 Å². The third kappa shape index (κ3) is 3.66. The van der Waals surface area contributed by atoms with Crippen molar-refractivity contribution >= 4 is 26.8 Å². The molecule has 3 aromatic rings. The second kappa shape index (κ2) is 7.05. The predicted octanol–water partition coefficient (Wildman–Crippen LogP) is 2.17. The summed E-state index contributed by atoms with van der Waals surface area (Å²) in [5.41, 5.74) is 2.93. The lowest BCUT2D eigenvalue weighted by Crippen LogP contribution is -2.24. The first-order chi connectivity index (χ1) is 13.3. The molecular weight excluding hydrogens is 378 g/mol. The second-order valence-electron chi connectivity index (χ2n) is 7.49. The van der Waals surface area contributed by atoms with Gasteiger partial charge in [0.2, 0.25) is 0 Å². The summed E-state index contributed by atoms with van der Waals surface area (Å²) in [6.07, 6.45) is 0.532. The van der Waals surface area contributed by atoms with Crippen LogP contribution < -0.4 is 5.32 Å². The molecule has 1 atom stereocenters. The van der Waals surface area contributed by atoms with Crippen molar-refractivity contribution in [2.45, 2.75) is 38.8 Å². The summed E-state index contributed by atoms with van der Waals surface area (Å²) in [7, 11) is -3.03. The maximum absolute atomic E-state index is 12.6. The second-order valence-corrected chi connectivity index (χ2v) is 9.72. The van der Waals surface area contributed by atoms with Gasteiger partial charge < -0.3 is 10.3 Å². The van der Waals surface area contributed by atoms with Gasteiger partial charge in [-0.05, 0) is 30.5 Å². The Hall–Kier alpha value is -2.68. The van der Waals surface area contributed by atoms with Gasteiger partial charge in [0.05, 0.1) is 35.1 Å². The lowest BCUT2D eigenvalue weighted by Gasteiger charge is -2.15. The first kappa shape index (κ1) is 18.7. The number of nitrogens with one attached hydrogen (secondary N) is 2. The van der Waals surface area contributed by atoms with Gasteiger partial charge in [-0.2, -0.15) is 5.10 Å². The van der Waals surface area contributed by atoms with E-state index < -0.39 is 9.84 Å². The van der Waals surface area contributed by atoms with Crippen molar-refractivity contribution in [2.24, 2.45) is 0 Å². The topological polar surface area (TPSA) is 110 Å². The van der Waals surface area contributed by atoms with Crippen molar-refractivity contribution in [1.29, 1.82) is 0 Å². The van der Waals surface area contributed by atoms with Crippen LogP contribution in [0.15, 0.2) is 30.3 Å². The first-order valence-electron chi connectivity index (χ1n) is 9.34. The quantitative estimate of drug-likeness (QED) is 0.681. The Morgan fingerprint density at radius 3 is 2.82 bits per heavy atom. The number of rotatable bonds is 5. The minimum Gasteiger partial charge on any atom is -0.343 e. The number of carbonyl (C=O) groups excluding carboxylic acids is 1. The van der Waals surface area contributed by atoms with Crippen molar-refractivity contribution in [3.05, 3.63) is 47.5 Å². The van der Waals surface area contributed by atoms with E-state index in [-0.39, 0.29) is 35.9 Å². The highest BCUT2D eigenvalue weighted by Crippen LogP contribution is 2.28. The van der Waals surface area contributed by atoms with Gasteiger partial charge in [0.25, 0.3) is 5.91 Å². The van der Waals surface area contributed by atoms with Crippen LogP contribution in [-0.2, 0) is 16.4 Å². The summed E-state index contributed by atoms with van der Waals surface area (Å²) in [4.78, 5) is 20.2. The van der Waals surface area contributed by atoms with E-state index in [0.717, 1.165) is 16.7 Å². The molecule has 0 radical (unpaired) electrons. The van der Waals surface area contributed by atoms with Crippen LogP contribution in [-0.4, -0.2) is 45.6 Å². The number of benzene rings is 1. The molecule has 0 spiro atoms. The Kier molecular flexibility index (Phi) is 4.70. The molecule has 2 aromatic heterocycles. The number of aromatic amines is 1.